The lowest BCUT2D eigenvalue weighted by Gasteiger charge is -2.44. The summed E-state index contributed by atoms with van der Waals surface area (Å²) >= 11 is 6.12. The van der Waals surface area contributed by atoms with Gasteiger partial charge < -0.3 is 5.32 Å². The molecule has 0 aromatic heterocycles. The first kappa shape index (κ1) is 14.4. The van der Waals surface area contributed by atoms with Gasteiger partial charge in [-0.05, 0) is 60.6 Å². The van der Waals surface area contributed by atoms with E-state index in [0.717, 1.165) is 10.9 Å². The summed E-state index contributed by atoms with van der Waals surface area (Å²) in [6.45, 7) is 9.63. The summed E-state index contributed by atoms with van der Waals surface area (Å²) in [7, 11) is 0. The zero-order valence-corrected chi connectivity index (χ0v) is 13.8. The minimum Gasteiger partial charge on any atom is -0.306 e. The van der Waals surface area contributed by atoms with Crippen LogP contribution < -0.4 is 5.32 Å². The fourth-order valence-electron chi connectivity index (χ4n) is 4.84. The molecule has 0 spiro atoms. The minimum absolute atomic E-state index is 0.356. The van der Waals surface area contributed by atoms with E-state index in [1.54, 1.807) is 0 Å². The molecule has 1 unspecified atom stereocenters. The standard InChI is InChI=1S/C18H26ClN/c1-12(13-6-5-7-15(19)10-13)20-16-17(2,3)14-8-9-18(16,4)11-14/h5-7,10,12,14,16,20H,8-9,11H2,1-4H3/t12-,14-,16?,18+/m0/s1. The van der Waals surface area contributed by atoms with Gasteiger partial charge in [-0.3, -0.25) is 0 Å². The van der Waals surface area contributed by atoms with Gasteiger partial charge in [-0.15, -0.1) is 0 Å². The van der Waals surface area contributed by atoms with Crippen molar-refractivity contribution in [1.82, 2.24) is 5.32 Å². The van der Waals surface area contributed by atoms with E-state index in [1.807, 2.05) is 12.1 Å². The number of hydrogen-bond donors (Lipinski definition) is 1. The first-order chi connectivity index (χ1) is 9.33. The zero-order chi connectivity index (χ0) is 14.5. The van der Waals surface area contributed by atoms with E-state index in [2.05, 4.69) is 45.1 Å². The van der Waals surface area contributed by atoms with E-state index in [4.69, 9.17) is 11.6 Å². The Kier molecular flexibility index (Phi) is 3.42. The van der Waals surface area contributed by atoms with Crippen molar-refractivity contribution in [3.63, 3.8) is 0 Å². The first-order valence-electron chi connectivity index (χ1n) is 7.84. The Bertz CT molecular complexity index is 505. The summed E-state index contributed by atoms with van der Waals surface area (Å²) < 4.78 is 0. The third-order valence-electron chi connectivity index (χ3n) is 6.04. The third kappa shape index (κ3) is 2.19. The van der Waals surface area contributed by atoms with Crippen molar-refractivity contribution in [2.24, 2.45) is 16.7 Å². The van der Waals surface area contributed by atoms with Crippen molar-refractivity contribution in [1.29, 1.82) is 0 Å². The average molecular weight is 292 g/mol. The predicted octanol–water partition coefficient (Wildman–Crippen LogP) is 5.21. The maximum atomic E-state index is 6.12. The Morgan fingerprint density at radius 3 is 2.65 bits per heavy atom. The lowest BCUT2D eigenvalue weighted by Crippen LogP contribution is -2.50. The second kappa shape index (κ2) is 4.74. The quantitative estimate of drug-likeness (QED) is 0.806. The van der Waals surface area contributed by atoms with Gasteiger partial charge >= 0.3 is 0 Å². The van der Waals surface area contributed by atoms with Crippen LogP contribution in [-0.4, -0.2) is 6.04 Å². The van der Waals surface area contributed by atoms with Crippen LogP contribution in [0.4, 0.5) is 0 Å². The molecule has 4 atom stereocenters. The maximum Gasteiger partial charge on any atom is 0.0409 e. The smallest absolute Gasteiger partial charge is 0.0409 e. The molecule has 1 N–H and O–H groups in total. The third-order valence-corrected chi connectivity index (χ3v) is 6.27. The molecule has 3 rings (SSSR count). The van der Waals surface area contributed by atoms with Gasteiger partial charge in [0.05, 0.1) is 0 Å². The largest absolute Gasteiger partial charge is 0.306 e. The molecule has 20 heavy (non-hydrogen) atoms. The summed E-state index contributed by atoms with van der Waals surface area (Å²) in [5.74, 6) is 0.886. The molecule has 2 heteroatoms. The van der Waals surface area contributed by atoms with Crippen LogP contribution in [0.25, 0.3) is 0 Å². The summed E-state index contributed by atoms with van der Waals surface area (Å²) in [6, 6.07) is 9.20. The van der Waals surface area contributed by atoms with Crippen molar-refractivity contribution in [3.05, 3.63) is 34.9 Å². The molecule has 2 saturated carbocycles. The van der Waals surface area contributed by atoms with Crippen molar-refractivity contribution in [2.45, 2.75) is 59.0 Å². The molecule has 0 radical (unpaired) electrons. The summed E-state index contributed by atoms with van der Waals surface area (Å²) in [6.07, 6.45) is 4.17. The topological polar surface area (TPSA) is 12.0 Å². The van der Waals surface area contributed by atoms with Gasteiger partial charge in [-0.1, -0.05) is 44.5 Å². The lowest BCUT2D eigenvalue weighted by atomic mass is 9.68. The van der Waals surface area contributed by atoms with Crippen molar-refractivity contribution >= 4 is 11.6 Å². The molecule has 2 aliphatic carbocycles. The molecule has 110 valence electrons. The number of fused-ring (bicyclic) bond motifs is 2. The molecule has 0 saturated heterocycles. The van der Waals surface area contributed by atoms with Crippen LogP contribution in [0.1, 0.15) is 58.6 Å². The molecule has 1 aromatic carbocycles. The van der Waals surface area contributed by atoms with E-state index >= 15 is 0 Å². The first-order valence-corrected chi connectivity index (χ1v) is 8.22. The van der Waals surface area contributed by atoms with Gasteiger partial charge in [0, 0.05) is 17.1 Å². The summed E-state index contributed by atoms with van der Waals surface area (Å²) in [5, 5.41) is 4.75. The van der Waals surface area contributed by atoms with Crippen LogP contribution in [0, 0.1) is 16.7 Å². The second-order valence-electron chi connectivity index (χ2n) is 7.79. The van der Waals surface area contributed by atoms with E-state index in [0.29, 0.717) is 22.9 Å². The van der Waals surface area contributed by atoms with Gasteiger partial charge in [0.15, 0.2) is 0 Å². The Morgan fingerprint density at radius 2 is 2.05 bits per heavy atom. The molecular formula is C18H26ClN. The molecule has 2 bridgehead atoms. The number of nitrogens with one attached hydrogen (secondary N) is 1. The highest BCUT2D eigenvalue weighted by Gasteiger charge is 2.59. The molecule has 2 fully saturated rings. The van der Waals surface area contributed by atoms with Crippen molar-refractivity contribution in [3.8, 4) is 0 Å². The van der Waals surface area contributed by atoms with Crippen molar-refractivity contribution in [2.75, 3.05) is 0 Å². The van der Waals surface area contributed by atoms with Crippen LogP contribution >= 0.6 is 11.6 Å². The van der Waals surface area contributed by atoms with E-state index < -0.39 is 0 Å². The predicted molar refractivity (Wildman–Crippen MR) is 86.0 cm³/mol. The van der Waals surface area contributed by atoms with Crippen LogP contribution in [-0.2, 0) is 0 Å². The highest BCUT2D eigenvalue weighted by atomic mass is 35.5. The summed E-state index contributed by atoms with van der Waals surface area (Å²) in [5.41, 5.74) is 2.17. The van der Waals surface area contributed by atoms with E-state index in [9.17, 15) is 0 Å². The number of benzene rings is 1. The van der Waals surface area contributed by atoms with Gasteiger partial charge in [0.25, 0.3) is 0 Å². The Balaban J connectivity index is 1.80. The van der Waals surface area contributed by atoms with Gasteiger partial charge in [-0.2, -0.15) is 0 Å². The normalized spacial score (nSPS) is 36.2. The van der Waals surface area contributed by atoms with E-state index in [1.165, 1.54) is 24.8 Å². The lowest BCUT2D eigenvalue weighted by molar-refractivity contribution is 0.100. The van der Waals surface area contributed by atoms with Gasteiger partial charge in [0.1, 0.15) is 0 Å². The molecule has 0 aliphatic heterocycles. The molecular weight excluding hydrogens is 266 g/mol. The Labute approximate surface area is 128 Å². The van der Waals surface area contributed by atoms with Gasteiger partial charge in [-0.25, -0.2) is 0 Å². The second-order valence-corrected chi connectivity index (χ2v) is 8.23. The fourth-order valence-corrected chi connectivity index (χ4v) is 5.04. The highest BCUT2D eigenvalue weighted by Crippen LogP contribution is 2.62. The average Bonchev–Trinajstić information content (AvgIpc) is 2.85. The monoisotopic (exact) mass is 291 g/mol. The molecule has 0 heterocycles. The fraction of sp³-hybridized carbons (Fsp3) is 0.667. The van der Waals surface area contributed by atoms with Crippen LogP contribution in [0.3, 0.4) is 0 Å². The minimum atomic E-state index is 0.356. The van der Waals surface area contributed by atoms with Gasteiger partial charge in [0.2, 0.25) is 0 Å². The van der Waals surface area contributed by atoms with Crippen molar-refractivity contribution < 1.29 is 0 Å². The zero-order valence-electron chi connectivity index (χ0n) is 13.0. The number of rotatable bonds is 3. The highest BCUT2D eigenvalue weighted by molar-refractivity contribution is 6.30. The number of hydrogen-bond acceptors (Lipinski definition) is 1. The molecule has 1 aromatic rings. The summed E-state index contributed by atoms with van der Waals surface area (Å²) in [4.78, 5) is 0. The molecule has 0 amide bonds. The van der Waals surface area contributed by atoms with Crippen LogP contribution in [0.2, 0.25) is 5.02 Å². The van der Waals surface area contributed by atoms with E-state index in [-0.39, 0.29) is 0 Å². The SMILES string of the molecule is C[C@H](NC1C(C)(C)[C@H]2CC[C@]1(C)C2)c1cccc(Cl)c1. The number of halogens is 1. The van der Waals surface area contributed by atoms with Crippen LogP contribution in [0.15, 0.2) is 24.3 Å². The molecule has 2 aliphatic rings. The Morgan fingerprint density at radius 1 is 1.30 bits per heavy atom. The molecule has 1 nitrogen and oxygen atoms in total. The van der Waals surface area contributed by atoms with Crippen LogP contribution in [0.5, 0.6) is 0 Å². The maximum absolute atomic E-state index is 6.12. The Hall–Kier alpha value is -0.530.